The molecule has 0 N–H and O–H groups in total. The zero-order valence-electron chi connectivity index (χ0n) is 21.4. The van der Waals surface area contributed by atoms with E-state index in [1.165, 1.54) is 23.3 Å². The number of halogens is 3. The van der Waals surface area contributed by atoms with Crippen LogP contribution in [0.5, 0.6) is 5.75 Å². The third-order valence-electron chi connectivity index (χ3n) is 6.43. The van der Waals surface area contributed by atoms with Crippen LogP contribution in [0.1, 0.15) is 48.9 Å². The van der Waals surface area contributed by atoms with Crippen molar-refractivity contribution < 1.29 is 31.9 Å². The number of hydrogen-bond donors (Lipinski definition) is 0. The molecule has 9 heteroatoms. The third kappa shape index (κ3) is 6.33. The van der Waals surface area contributed by atoms with Crippen LogP contribution in [0.4, 0.5) is 13.2 Å². The van der Waals surface area contributed by atoms with Gasteiger partial charge < -0.3 is 13.9 Å². The first-order valence-electron chi connectivity index (χ1n) is 12.3. The van der Waals surface area contributed by atoms with E-state index in [4.69, 9.17) is 13.9 Å². The van der Waals surface area contributed by atoms with Gasteiger partial charge in [0.1, 0.15) is 11.5 Å². The molecule has 3 aromatic rings. The number of aromatic nitrogens is 1. The largest absolute Gasteiger partial charge is 0.476 e. The van der Waals surface area contributed by atoms with Crippen molar-refractivity contribution in [1.82, 2.24) is 9.88 Å². The highest BCUT2D eigenvalue weighted by Crippen LogP contribution is 2.32. The summed E-state index contributed by atoms with van der Waals surface area (Å²) in [6, 6.07) is 10.7. The lowest BCUT2D eigenvalue weighted by Crippen LogP contribution is -2.39. The lowest BCUT2D eigenvalue weighted by Gasteiger charge is -2.24. The lowest BCUT2D eigenvalue weighted by molar-refractivity contribution is -0.158. The Morgan fingerprint density at radius 3 is 2.38 bits per heavy atom. The second-order valence-corrected chi connectivity index (χ2v) is 9.64. The molecule has 2 aromatic carbocycles. The molecule has 0 unspecified atom stereocenters. The van der Waals surface area contributed by atoms with Crippen LogP contribution < -0.4 is 4.74 Å². The molecule has 1 aromatic heterocycles. The van der Waals surface area contributed by atoms with E-state index in [0.29, 0.717) is 41.8 Å². The summed E-state index contributed by atoms with van der Waals surface area (Å²) in [6.07, 6.45) is -2.74. The Morgan fingerprint density at radius 1 is 1.05 bits per heavy atom. The van der Waals surface area contributed by atoms with Gasteiger partial charge in [0.15, 0.2) is 5.60 Å². The van der Waals surface area contributed by atoms with Gasteiger partial charge in [-0.15, -0.1) is 0 Å². The zero-order chi connectivity index (χ0) is 26.8. The van der Waals surface area contributed by atoms with Gasteiger partial charge in [-0.2, -0.15) is 13.2 Å². The van der Waals surface area contributed by atoms with Gasteiger partial charge in [0, 0.05) is 18.7 Å². The van der Waals surface area contributed by atoms with E-state index in [9.17, 15) is 18.0 Å². The monoisotopic (exact) mass is 516 g/mol. The van der Waals surface area contributed by atoms with Crippen LogP contribution in [0.25, 0.3) is 11.5 Å². The Bertz CT molecular complexity index is 1250. The number of oxazole rings is 1. The molecule has 0 saturated carbocycles. The number of ether oxygens (including phenoxy) is 2. The van der Waals surface area contributed by atoms with Crippen LogP contribution in [-0.2, 0) is 35.1 Å². The number of alkyl halides is 3. The fourth-order valence-electron chi connectivity index (χ4n) is 4.31. The van der Waals surface area contributed by atoms with E-state index in [0.717, 1.165) is 38.1 Å². The van der Waals surface area contributed by atoms with E-state index in [1.807, 2.05) is 25.1 Å². The van der Waals surface area contributed by atoms with Crippen molar-refractivity contribution in [2.45, 2.75) is 58.9 Å². The van der Waals surface area contributed by atoms with Crippen LogP contribution in [-0.4, -0.2) is 41.2 Å². The molecule has 0 radical (unpaired) electrons. The number of benzene rings is 2. The van der Waals surface area contributed by atoms with Gasteiger partial charge in [-0.3, -0.25) is 4.90 Å². The van der Waals surface area contributed by atoms with Crippen LogP contribution in [0.15, 0.2) is 46.9 Å². The first kappa shape index (κ1) is 26.7. The van der Waals surface area contributed by atoms with E-state index < -0.39 is 23.3 Å². The van der Waals surface area contributed by atoms with Crippen LogP contribution in [0, 0.1) is 6.92 Å². The van der Waals surface area contributed by atoms with Gasteiger partial charge in [0.2, 0.25) is 5.89 Å². The number of nitrogens with zero attached hydrogens (tertiary/aromatic N) is 2. The molecule has 2 heterocycles. The SMILES string of the molecule is CCOC(=O)C(C)(C)Oc1ccc2c(c1)CCN(Cc1oc(-c3ccc(C(F)(F)F)cc3)nc1C)CC2. The number of esters is 1. The number of carbonyl (C=O) groups excluding carboxylic acids is 1. The van der Waals surface area contributed by atoms with E-state index in [-0.39, 0.29) is 0 Å². The molecule has 37 heavy (non-hydrogen) atoms. The zero-order valence-corrected chi connectivity index (χ0v) is 21.4. The Kier molecular flexibility index (Phi) is 7.64. The maximum atomic E-state index is 12.9. The van der Waals surface area contributed by atoms with Gasteiger partial charge in [0.25, 0.3) is 0 Å². The molecule has 0 aliphatic carbocycles. The number of hydrogen-bond acceptors (Lipinski definition) is 6. The summed E-state index contributed by atoms with van der Waals surface area (Å²) in [5, 5.41) is 0. The van der Waals surface area contributed by atoms with Crippen molar-refractivity contribution in [3.8, 4) is 17.2 Å². The number of rotatable bonds is 7. The summed E-state index contributed by atoms with van der Waals surface area (Å²) in [5.74, 6) is 1.22. The summed E-state index contributed by atoms with van der Waals surface area (Å²) in [6.45, 7) is 9.43. The molecule has 198 valence electrons. The fraction of sp³-hybridized carbons (Fsp3) is 0.429. The molecule has 4 rings (SSSR count). The summed E-state index contributed by atoms with van der Waals surface area (Å²) in [4.78, 5) is 18.9. The number of fused-ring (bicyclic) bond motifs is 1. The smallest absolute Gasteiger partial charge is 0.416 e. The Balaban J connectivity index is 1.41. The summed E-state index contributed by atoms with van der Waals surface area (Å²) < 4.78 is 55.6. The van der Waals surface area contributed by atoms with E-state index >= 15 is 0 Å². The van der Waals surface area contributed by atoms with Gasteiger partial charge in [-0.25, -0.2) is 9.78 Å². The highest BCUT2D eigenvalue weighted by Gasteiger charge is 2.32. The molecule has 0 amide bonds. The van der Waals surface area contributed by atoms with Gasteiger partial charge >= 0.3 is 12.1 Å². The molecule has 0 atom stereocenters. The van der Waals surface area contributed by atoms with Crippen LogP contribution in [0.2, 0.25) is 0 Å². The van der Waals surface area contributed by atoms with Gasteiger partial charge in [-0.05, 0) is 88.1 Å². The summed E-state index contributed by atoms with van der Waals surface area (Å²) >= 11 is 0. The first-order valence-corrected chi connectivity index (χ1v) is 12.3. The predicted molar refractivity (Wildman–Crippen MR) is 132 cm³/mol. The number of aryl methyl sites for hydroxylation is 1. The molecule has 0 spiro atoms. The topological polar surface area (TPSA) is 64.8 Å². The average molecular weight is 517 g/mol. The van der Waals surface area contributed by atoms with Crippen LogP contribution in [0.3, 0.4) is 0 Å². The molecular weight excluding hydrogens is 485 g/mol. The van der Waals surface area contributed by atoms with E-state index in [2.05, 4.69) is 9.88 Å². The fourth-order valence-corrected chi connectivity index (χ4v) is 4.31. The Hall–Kier alpha value is -3.33. The normalized spacial score (nSPS) is 14.7. The molecule has 1 aliphatic heterocycles. The van der Waals surface area contributed by atoms with Crippen molar-refractivity contribution in [3.05, 3.63) is 70.6 Å². The lowest BCUT2D eigenvalue weighted by atomic mass is 10.0. The second-order valence-electron chi connectivity index (χ2n) is 9.64. The summed E-state index contributed by atoms with van der Waals surface area (Å²) in [7, 11) is 0. The van der Waals surface area contributed by atoms with Crippen molar-refractivity contribution in [2.75, 3.05) is 19.7 Å². The quantitative estimate of drug-likeness (QED) is 0.360. The molecule has 0 fully saturated rings. The average Bonchev–Trinajstić information content (AvgIpc) is 3.08. The molecule has 1 aliphatic rings. The van der Waals surface area contributed by atoms with Crippen molar-refractivity contribution in [1.29, 1.82) is 0 Å². The van der Waals surface area contributed by atoms with E-state index in [1.54, 1.807) is 20.8 Å². The van der Waals surface area contributed by atoms with Gasteiger partial charge in [0.05, 0.1) is 24.4 Å². The maximum Gasteiger partial charge on any atom is 0.416 e. The minimum atomic E-state index is -4.38. The second kappa shape index (κ2) is 10.6. The standard InChI is InChI=1S/C28H31F3N2O4/c1-5-35-26(34)27(3,4)37-23-11-8-19-12-14-33(15-13-21(19)16-23)17-24-18(2)32-25(36-24)20-6-9-22(10-7-20)28(29,30)31/h6-11,16H,5,12-15,17H2,1-4H3. The minimum Gasteiger partial charge on any atom is -0.476 e. The van der Waals surface area contributed by atoms with Gasteiger partial charge in [-0.1, -0.05) is 6.07 Å². The van der Waals surface area contributed by atoms with Crippen molar-refractivity contribution in [2.24, 2.45) is 0 Å². The molecule has 6 nitrogen and oxygen atoms in total. The highest BCUT2D eigenvalue weighted by molar-refractivity contribution is 5.79. The number of carbonyl (C=O) groups is 1. The molecule has 0 bridgehead atoms. The Morgan fingerprint density at radius 2 is 1.73 bits per heavy atom. The predicted octanol–water partition coefficient (Wildman–Crippen LogP) is 5.99. The third-order valence-corrected chi connectivity index (χ3v) is 6.43. The van der Waals surface area contributed by atoms with Crippen molar-refractivity contribution >= 4 is 5.97 Å². The van der Waals surface area contributed by atoms with Crippen LogP contribution >= 0.6 is 0 Å². The molecule has 0 saturated heterocycles. The minimum absolute atomic E-state index is 0.294. The summed E-state index contributed by atoms with van der Waals surface area (Å²) in [5.41, 5.74) is 1.82. The molecular formula is C28H31F3N2O4. The maximum absolute atomic E-state index is 12.9. The first-order chi connectivity index (χ1) is 17.5. The highest BCUT2D eigenvalue weighted by atomic mass is 19.4. The Labute approximate surface area is 214 Å². The van der Waals surface area contributed by atoms with Crippen molar-refractivity contribution in [3.63, 3.8) is 0 Å².